The topological polar surface area (TPSA) is 98.3 Å². The van der Waals surface area contributed by atoms with Gasteiger partial charge in [0.2, 0.25) is 0 Å². The zero-order valence-electron chi connectivity index (χ0n) is 15.0. The van der Waals surface area contributed by atoms with Gasteiger partial charge in [0.05, 0.1) is 27.6 Å². The highest BCUT2D eigenvalue weighted by Crippen LogP contribution is 2.39. The second-order valence-corrected chi connectivity index (χ2v) is 7.35. The highest BCUT2D eigenvalue weighted by molar-refractivity contribution is 6.42. The highest BCUT2D eigenvalue weighted by atomic mass is 35.5. The van der Waals surface area contributed by atoms with Gasteiger partial charge in [-0.1, -0.05) is 35.3 Å². The van der Waals surface area contributed by atoms with Crippen molar-refractivity contribution in [3.63, 3.8) is 0 Å². The molecule has 0 unspecified atom stereocenters. The average molecular weight is 431 g/mol. The van der Waals surface area contributed by atoms with E-state index in [0.717, 1.165) is 11.4 Å². The monoisotopic (exact) mass is 430 g/mol. The van der Waals surface area contributed by atoms with Gasteiger partial charge in [0.1, 0.15) is 6.04 Å². The number of fused-ring (bicyclic) bond motifs is 1. The molecule has 2 heterocycles. The van der Waals surface area contributed by atoms with Crippen LogP contribution in [0, 0.1) is 0 Å². The van der Waals surface area contributed by atoms with E-state index in [1.165, 1.54) is 12.1 Å². The molecule has 0 saturated carbocycles. The zero-order valence-corrected chi connectivity index (χ0v) is 16.5. The van der Waals surface area contributed by atoms with Crippen LogP contribution in [-0.4, -0.2) is 38.5 Å². The number of halogens is 2. The number of carbonyl (C=O) groups is 2. The molecule has 0 bridgehead atoms. The standard InChI is InChI=1S/C20H16Cl2N4O3/c21-14-3-1-2-13(16(14)22)18-17-15(23-10-24-17)8-9-26(18)20(29)25-12-6-4-11(5-7-12)19(27)28/h1-7,10,18H,8-9H2,(H,23,24)(H,25,29)(H,27,28)/t18-/m1/s1. The third-order valence-corrected chi connectivity index (χ3v) is 5.68. The lowest BCUT2D eigenvalue weighted by atomic mass is 9.96. The Kier molecular flexibility index (Phi) is 5.17. The summed E-state index contributed by atoms with van der Waals surface area (Å²) in [6, 6.07) is 10.4. The van der Waals surface area contributed by atoms with E-state index in [1.54, 1.807) is 35.5 Å². The van der Waals surface area contributed by atoms with Crippen LogP contribution in [0.15, 0.2) is 48.8 Å². The number of hydrogen-bond acceptors (Lipinski definition) is 3. The minimum atomic E-state index is -1.03. The Labute approximate surface area is 176 Å². The maximum absolute atomic E-state index is 13.1. The van der Waals surface area contributed by atoms with E-state index in [2.05, 4.69) is 15.3 Å². The van der Waals surface area contributed by atoms with Crippen molar-refractivity contribution in [3.05, 3.63) is 81.4 Å². The summed E-state index contributed by atoms with van der Waals surface area (Å²) in [7, 11) is 0. The number of aromatic carboxylic acids is 1. The number of rotatable bonds is 3. The van der Waals surface area contributed by atoms with Crippen molar-refractivity contribution >= 4 is 40.9 Å². The first-order valence-electron chi connectivity index (χ1n) is 8.82. The fraction of sp³-hybridized carbons (Fsp3) is 0.150. The Morgan fingerprint density at radius 1 is 1.17 bits per heavy atom. The molecule has 4 rings (SSSR count). The predicted octanol–water partition coefficient (Wildman–Crippen LogP) is 4.59. The molecule has 0 aliphatic carbocycles. The molecule has 1 aliphatic heterocycles. The molecule has 3 N–H and O–H groups in total. The summed E-state index contributed by atoms with van der Waals surface area (Å²) in [6.07, 6.45) is 2.22. The number of nitrogens with one attached hydrogen (secondary N) is 2. The van der Waals surface area contributed by atoms with Crippen molar-refractivity contribution in [1.82, 2.24) is 14.9 Å². The maximum Gasteiger partial charge on any atom is 0.335 e. The molecule has 1 aromatic heterocycles. The number of carboxylic acid groups (broad SMARTS) is 1. The van der Waals surface area contributed by atoms with E-state index >= 15 is 0 Å². The first kappa shape index (κ1) is 19.3. The molecule has 2 amide bonds. The number of carboxylic acids is 1. The average Bonchev–Trinajstić information content (AvgIpc) is 3.19. The minimum Gasteiger partial charge on any atom is -0.478 e. The third-order valence-electron chi connectivity index (χ3n) is 4.85. The Bertz CT molecular complexity index is 1080. The van der Waals surface area contributed by atoms with Gasteiger partial charge in [0, 0.05) is 29.9 Å². The van der Waals surface area contributed by atoms with Gasteiger partial charge in [-0.05, 0) is 30.3 Å². The van der Waals surface area contributed by atoms with Crippen molar-refractivity contribution in [2.24, 2.45) is 0 Å². The Balaban J connectivity index is 1.67. The first-order valence-corrected chi connectivity index (χ1v) is 9.58. The van der Waals surface area contributed by atoms with Gasteiger partial charge < -0.3 is 20.3 Å². The summed E-state index contributed by atoms with van der Waals surface area (Å²) < 4.78 is 0. The molecule has 29 heavy (non-hydrogen) atoms. The summed E-state index contributed by atoms with van der Waals surface area (Å²) >= 11 is 12.7. The minimum absolute atomic E-state index is 0.144. The Morgan fingerprint density at radius 2 is 1.93 bits per heavy atom. The quantitative estimate of drug-likeness (QED) is 0.565. The number of nitrogens with zero attached hydrogens (tertiary/aromatic N) is 2. The van der Waals surface area contributed by atoms with Gasteiger partial charge in [0.15, 0.2) is 0 Å². The van der Waals surface area contributed by atoms with Gasteiger partial charge in [-0.2, -0.15) is 0 Å². The third kappa shape index (κ3) is 3.66. The number of amides is 2. The fourth-order valence-electron chi connectivity index (χ4n) is 3.43. The molecule has 0 radical (unpaired) electrons. The second-order valence-electron chi connectivity index (χ2n) is 6.57. The zero-order chi connectivity index (χ0) is 20.5. The van der Waals surface area contributed by atoms with E-state index in [0.29, 0.717) is 34.3 Å². The number of aromatic amines is 1. The fourth-order valence-corrected chi connectivity index (χ4v) is 3.84. The van der Waals surface area contributed by atoms with Gasteiger partial charge in [-0.3, -0.25) is 0 Å². The van der Waals surface area contributed by atoms with E-state index in [1.807, 2.05) is 6.07 Å². The van der Waals surface area contributed by atoms with Crippen molar-refractivity contribution in [2.45, 2.75) is 12.5 Å². The number of anilines is 1. The smallest absolute Gasteiger partial charge is 0.335 e. The lowest BCUT2D eigenvalue weighted by Crippen LogP contribution is -2.43. The number of urea groups is 1. The molecule has 0 spiro atoms. The van der Waals surface area contributed by atoms with Crippen LogP contribution in [0.3, 0.4) is 0 Å². The van der Waals surface area contributed by atoms with E-state index in [4.69, 9.17) is 28.3 Å². The van der Waals surface area contributed by atoms with Gasteiger partial charge >= 0.3 is 12.0 Å². The largest absolute Gasteiger partial charge is 0.478 e. The molecule has 2 aromatic carbocycles. The van der Waals surface area contributed by atoms with Crippen LogP contribution in [-0.2, 0) is 6.42 Å². The summed E-state index contributed by atoms with van der Waals surface area (Å²) in [4.78, 5) is 33.3. The van der Waals surface area contributed by atoms with E-state index < -0.39 is 12.0 Å². The molecule has 1 atom stereocenters. The van der Waals surface area contributed by atoms with E-state index in [-0.39, 0.29) is 11.6 Å². The molecule has 9 heteroatoms. The van der Waals surface area contributed by atoms with Crippen molar-refractivity contribution in [3.8, 4) is 0 Å². The maximum atomic E-state index is 13.1. The van der Waals surface area contributed by atoms with E-state index in [9.17, 15) is 9.59 Å². The second kappa shape index (κ2) is 7.77. The van der Waals surface area contributed by atoms with Crippen LogP contribution >= 0.6 is 23.2 Å². The molecule has 1 aliphatic rings. The molecule has 0 saturated heterocycles. The molecular weight excluding hydrogens is 415 g/mol. The van der Waals surface area contributed by atoms with Crippen molar-refractivity contribution < 1.29 is 14.7 Å². The SMILES string of the molecule is O=C(O)c1ccc(NC(=O)N2CCc3[nH]cnc3[C@H]2c2cccc(Cl)c2Cl)cc1. The summed E-state index contributed by atoms with van der Waals surface area (Å²) in [5, 5.41) is 12.6. The predicted molar refractivity (Wildman–Crippen MR) is 110 cm³/mol. The molecular formula is C20H16Cl2N4O3. The van der Waals surface area contributed by atoms with Crippen molar-refractivity contribution in [1.29, 1.82) is 0 Å². The number of benzene rings is 2. The normalized spacial score (nSPS) is 15.7. The molecule has 0 fully saturated rings. The Hall–Kier alpha value is -3.03. The van der Waals surface area contributed by atoms with Gasteiger partial charge in [0.25, 0.3) is 0 Å². The summed E-state index contributed by atoms with van der Waals surface area (Å²) in [5.74, 6) is -1.03. The van der Waals surface area contributed by atoms with Crippen LogP contribution in [0.25, 0.3) is 0 Å². The first-order chi connectivity index (χ1) is 14.0. The van der Waals surface area contributed by atoms with Crippen LogP contribution in [0.4, 0.5) is 10.5 Å². The number of carbonyl (C=O) groups excluding carboxylic acids is 1. The van der Waals surface area contributed by atoms with Crippen LogP contribution in [0.5, 0.6) is 0 Å². The molecule has 3 aromatic rings. The van der Waals surface area contributed by atoms with Crippen molar-refractivity contribution in [2.75, 3.05) is 11.9 Å². The number of H-pyrrole nitrogens is 1. The number of aromatic nitrogens is 2. The van der Waals surface area contributed by atoms with Gasteiger partial charge in [-0.25, -0.2) is 14.6 Å². The van der Waals surface area contributed by atoms with Crippen LogP contribution in [0.2, 0.25) is 10.0 Å². The van der Waals surface area contributed by atoms with Crippen LogP contribution < -0.4 is 5.32 Å². The number of imidazole rings is 1. The molecule has 148 valence electrons. The summed E-state index contributed by atoms with van der Waals surface area (Å²) in [5.41, 5.74) is 2.98. The highest BCUT2D eigenvalue weighted by Gasteiger charge is 2.35. The Morgan fingerprint density at radius 3 is 2.66 bits per heavy atom. The molecule has 7 nitrogen and oxygen atoms in total. The van der Waals surface area contributed by atoms with Gasteiger partial charge in [-0.15, -0.1) is 0 Å². The lowest BCUT2D eigenvalue weighted by Gasteiger charge is -2.35. The van der Waals surface area contributed by atoms with Crippen LogP contribution in [0.1, 0.15) is 33.4 Å². The number of hydrogen-bond donors (Lipinski definition) is 3. The summed E-state index contributed by atoms with van der Waals surface area (Å²) in [6.45, 7) is 0.446. The lowest BCUT2D eigenvalue weighted by molar-refractivity contribution is 0.0697.